The topological polar surface area (TPSA) is 24.5 Å². The maximum atomic E-state index is 12.2. The summed E-state index contributed by atoms with van der Waals surface area (Å²) in [6.45, 7) is 3.56. The Morgan fingerprint density at radius 3 is 2.60 bits per heavy atom. The molecule has 132 valence electrons. The molecule has 0 fully saturated rings. The van der Waals surface area contributed by atoms with Crippen LogP contribution in [0.1, 0.15) is 11.1 Å². The number of ether oxygens (including phenoxy) is 1. The fraction of sp³-hybridized carbons (Fsp3) is 0.158. The van der Waals surface area contributed by atoms with Crippen LogP contribution in [0.25, 0.3) is 11.6 Å². The third-order valence-corrected chi connectivity index (χ3v) is 3.93. The smallest absolute Gasteiger partial charge is 0.123 e. The van der Waals surface area contributed by atoms with Gasteiger partial charge in [0.15, 0.2) is 0 Å². The van der Waals surface area contributed by atoms with E-state index in [1.54, 1.807) is 25.2 Å². The van der Waals surface area contributed by atoms with Crippen LogP contribution in [0, 0.1) is 0 Å². The van der Waals surface area contributed by atoms with Gasteiger partial charge in [-0.25, -0.2) is 4.39 Å². The van der Waals surface area contributed by atoms with Crippen molar-refractivity contribution < 1.29 is 9.13 Å². The molecular formula is C19H19Cl2FN2O. The van der Waals surface area contributed by atoms with Crippen LogP contribution in [0.5, 0.6) is 5.75 Å². The fourth-order valence-corrected chi connectivity index (χ4v) is 2.46. The number of alkyl halides is 1. The van der Waals surface area contributed by atoms with E-state index in [0.29, 0.717) is 5.75 Å². The van der Waals surface area contributed by atoms with Crippen LogP contribution in [0.2, 0.25) is 0 Å². The zero-order valence-electron chi connectivity index (χ0n) is 13.8. The molecule has 1 N–H and O–H groups in total. The number of halogens is 3. The second-order valence-electron chi connectivity index (χ2n) is 5.26. The molecule has 0 heterocycles. The Balaban J connectivity index is 2.17. The maximum Gasteiger partial charge on any atom is 0.123 e. The van der Waals surface area contributed by atoms with E-state index in [2.05, 4.69) is 11.4 Å². The summed E-state index contributed by atoms with van der Waals surface area (Å²) >= 11 is 11.6. The van der Waals surface area contributed by atoms with Crippen LogP contribution in [-0.2, 0) is 0 Å². The molecule has 25 heavy (non-hydrogen) atoms. The Labute approximate surface area is 157 Å². The molecule has 0 aromatic heterocycles. The third kappa shape index (κ3) is 5.41. The van der Waals surface area contributed by atoms with Gasteiger partial charge in [-0.15, -0.1) is 0 Å². The maximum absolute atomic E-state index is 12.2. The van der Waals surface area contributed by atoms with Crippen LogP contribution < -0.4 is 14.0 Å². The van der Waals surface area contributed by atoms with Crippen LogP contribution in [0.4, 0.5) is 15.8 Å². The van der Waals surface area contributed by atoms with Gasteiger partial charge in [0, 0.05) is 36.2 Å². The summed E-state index contributed by atoms with van der Waals surface area (Å²) in [5.74, 6) is 0.577. The van der Waals surface area contributed by atoms with Crippen LogP contribution in [-0.4, -0.2) is 20.3 Å². The van der Waals surface area contributed by atoms with Gasteiger partial charge in [-0.2, -0.15) is 0 Å². The van der Waals surface area contributed by atoms with Crippen molar-refractivity contribution >= 4 is 46.6 Å². The first-order chi connectivity index (χ1) is 12.0. The van der Waals surface area contributed by atoms with Crippen molar-refractivity contribution in [2.45, 2.75) is 0 Å². The summed E-state index contributed by atoms with van der Waals surface area (Å²) in [7, 11) is 1.77. The summed E-state index contributed by atoms with van der Waals surface area (Å²) in [4.78, 5) is 2.60. The Bertz CT molecular complexity index is 746. The summed E-state index contributed by atoms with van der Waals surface area (Å²) in [6, 6.07) is 13.0. The predicted molar refractivity (Wildman–Crippen MR) is 106 cm³/mol. The van der Waals surface area contributed by atoms with E-state index < -0.39 is 6.67 Å². The lowest BCUT2D eigenvalue weighted by Crippen LogP contribution is -1.99. The van der Waals surface area contributed by atoms with Gasteiger partial charge < -0.3 is 4.74 Å². The fourth-order valence-electron chi connectivity index (χ4n) is 2.18. The van der Waals surface area contributed by atoms with Crippen molar-refractivity contribution in [1.29, 1.82) is 0 Å². The summed E-state index contributed by atoms with van der Waals surface area (Å²) in [5.41, 5.74) is 4.23. The summed E-state index contributed by atoms with van der Waals surface area (Å²) < 4.78 is 19.1. The van der Waals surface area contributed by atoms with E-state index in [-0.39, 0.29) is 6.61 Å². The number of rotatable bonds is 8. The van der Waals surface area contributed by atoms with E-state index in [4.69, 9.17) is 28.3 Å². The molecule has 2 rings (SSSR count). The number of anilines is 2. The standard InChI is InChI=1S/C19H19Cl2FN2O/c1-14(15-5-7-17(8-6-15)24(2)21)3-4-16-13-18(25-12-11-22)9-10-19(16)23-20/h3-10,13,23H,1,11-12H2,2H3/b4-3-. The van der Waals surface area contributed by atoms with E-state index in [9.17, 15) is 4.39 Å². The number of hydrogen-bond acceptors (Lipinski definition) is 3. The van der Waals surface area contributed by atoms with Gasteiger partial charge in [0.1, 0.15) is 19.0 Å². The first-order valence-corrected chi connectivity index (χ1v) is 8.33. The quantitative estimate of drug-likeness (QED) is 0.454. The first kappa shape index (κ1) is 19.2. The lowest BCUT2D eigenvalue weighted by Gasteiger charge is -2.10. The first-order valence-electron chi connectivity index (χ1n) is 7.61. The number of allylic oxidation sites excluding steroid dienone is 2. The molecule has 0 atom stereocenters. The highest BCUT2D eigenvalue weighted by atomic mass is 35.5. The third-order valence-electron chi connectivity index (χ3n) is 3.53. The predicted octanol–water partition coefficient (Wildman–Crippen LogP) is 5.92. The number of nitrogens with zero attached hydrogens (tertiary/aromatic N) is 1. The summed E-state index contributed by atoms with van der Waals surface area (Å²) in [5, 5.41) is 0. The minimum atomic E-state index is -0.537. The zero-order chi connectivity index (χ0) is 18.2. The molecule has 0 saturated carbocycles. The Kier molecular flexibility index (Phi) is 7.16. The molecule has 2 aromatic rings. The van der Waals surface area contributed by atoms with Gasteiger partial charge in [-0.1, -0.05) is 30.9 Å². The van der Waals surface area contributed by atoms with E-state index >= 15 is 0 Å². The van der Waals surface area contributed by atoms with E-state index in [1.807, 2.05) is 36.4 Å². The van der Waals surface area contributed by atoms with E-state index in [1.165, 1.54) is 4.42 Å². The van der Waals surface area contributed by atoms with Crippen molar-refractivity contribution in [2.24, 2.45) is 0 Å². The molecule has 2 aromatic carbocycles. The highest BCUT2D eigenvalue weighted by molar-refractivity contribution is 6.25. The minimum Gasteiger partial charge on any atom is -0.491 e. The van der Waals surface area contributed by atoms with Crippen LogP contribution in [0.15, 0.2) is 55.1 Å². The molecule has 0 amide bonds. The molecule has 0 aliphatic heterocycles. The van der Waals surface area contributed by atoms with Gasteiger partial charge in [0.2, 0.25) is 0 Å². The van der Waals surface area contributed by atoms with Crippen LogP contribution in [0.3, 0.4) is 0 Å². The Hall–Kier alpha value is -2.17. The number of hydrogen-bond donors (Lipinski definition) is 1. The normalized spacial score (nSPS) is 10.7. The van der Waals surface area contributed by atoms with Crippen LogP contribution >= 0.6 is 23.6 Å². The van der Waals surface area contributed by atoms with Crippen molar-refractivity contribution in [3.05, 3.63) is 66.2 Å². The zero-order valence-corrected chi connectivity index (χ0v) is 15.3. The lowest BCUT2D eigenvalue weighted by atomic mass is 10.0. The molecule has 6 heteroatoms. The SMILES string of the molecule is C=C(/C=C\c1cc(OCCF)ccc1NCl)c1ccc(N(C)Cl)cc1. The molecule has 0 aliphatic rings. The van der Waals surface area contributed by atoms with Gasteiger partial charge in [-0.05, 0) is 41.5 Å². The largest absolute Gasteiger partial charge is 0.491 e. The van der Waals surface area contributed by atoms with Crippen molar-refractivity contribution in [2.75, 3.05) is 29.6 Å². The highest BCUT2D eigenvalue weighted by Gasteiger charge is 2.03. The Morgan fingerprint density at radius 1 is 1.28 bits per heavy atom. The molecule has 0 saturated heterocycles. The van der Waals surface area contributed by atoms with Gasteiger partial charge in [-0.3, -0.25) is 9.25 Å². The van der Waals surface area contributed by atoms with Gasteiger partial charge in [0.25, 0.3) is 0 Å². The molecule has 0 radical (unpaired) electrons. The average molecular weight is 381 g/mol. The highest BCUT2D eigenvalue weighted by Crippen LogP contribution is 2.26. The average Bonchev–Trinajstić information content (AvgIpc) is 2.64. The monoisotopic (exact) mass is 380 g/mol. The molecule has 0 aliphatic carbocycles. The second kappa shape index (κ2) is 9.35. The van der Waals surface area contributed by atoms with E-state index in [0.717, 1.165) is 28.1 Å². The molecule has 0 bridgehead atoms. The summed E-state index contributed by atoms with van der Waals surface area (Å²) in [6.07, 6.45) is 3.75. The molecular weight excluding hydrogens is 362 g/mol. The van der Waals surface area contributed by atoms with Gasteiger partial charge >= 0.3 is 0 Å². The number of nitrogens with one attached hydrogen (secondary N) is 1. The minimum absolute atomic E-state index is 0.0187. The Morgan fingerprint density at radius 2 is 2.00 bits per heavy atom. The molecule has 3 nitrogen and oxygen atoms in total. The number of benzene rings is 2. The molecule has 0 spiro atoms. The lowest BCUT2D eigenvalue weighted by molar-refractivity contribution is 0.273. The van der Waals surface area contributed by atoms with Gasteiger partial charge in [0.05, 0.1) is 11.4 Å². The van der Waals surface area contributed by atoms with Crippen molar-refractivity contribution in [3.8, 4) is 5.75 Å². The molecule has 0 unspecified atom stereocenters. The van der Waals surface area contributed by atoms with Crippen molar-refractivity contribution in [3.63, 3.8) is 0 Å². The second-order valence-corrected chi connectivity index (χ2v) is 5.96. The van der Waals surface area contributed by atoms with Crippen molar-refractivity contribution in [1.82, 2.24) is 0 Å².